The van der Waals surface area contributed by atoms with Gasteiger partial charge in [-0.15, -0.1) is 0 Å². The second-order valence-electron chi connectivity index (χ2n) is 6.91. The van der Waals surface area contributed by atoms with Gasteiger partial charge in [0.05, 0.1) is 12.3 Å². The maximum atomic E-state index is 12.9. The van der Waals surface area contributed by atoms with Crippen molar-refractivity contribution >= 4 is 34.4 Å². The van der Waals surface area contributed by atoms with E-state index in [1.54, 1.807) is 7.05 Å². The van der Waals surface area contributed by atoms with E-state index in [1.165, 1.54) is 11.6 Å². The monoisotopic (exact) mass is 400 g/mol. The van der Waals surface area contributed by atoms with Crippen LogP contribution in [-0.2, 0) is 20.6 Å². The normalized spacial score (nSPS) is 13.7. The minimum Gasteiger partial charge on any atom is -0.297 e. The zero-order valence-corrected chi connectivity index (χ0v) is 16.8. The van der Waals surface area contributed by atoms with Gasteiger partial charge in [0, 0.05) is 25.7 Å². The third-order valence-corrected chi connectivity index (χ3v) is 5.26. The van der Waals surface area contributed by atoms with E-state index < -0.39 is 5.69 Å². The second-order valence-corrected chi connectivity index (χ2v) is 7.34. The highest BCUT2D eigenvalue weighted by Gasteiger charge is 2.27. The molecule has 0 aliphatic carbocycles. The van der Waals surface area contributed by atoms with Crippen LogP contribution in [0.25, 0.3) is 11.2 Å². The summed E-state index contributed by atoms with van der Waals surface area (Å²) >= 11 is 6.02. The van der Waals surface area contributed by atoms with Crippen LogP contribution in [-0.4, -0.2) is 30.9 Å². The van der Waals surface area contributed by atoms with Crippen LogP contribution in [0.4, 0.5) is 5.95 Å². The molecule has 0 bridgehead atoms. The molecule has 1 aliphatic heterocycles. The Balaban J connectivity index is 1.94. The van der Waals surface area contributed by atoms with E-state index >= 15 is 0 Å². The lowest BCUT2D eigenvalue weighted by atomic mass is 10.1. The molecule has 0 spiro atoms. The number of rotatable bonds is 4. The van der Waals surface area contributed by atoms with Gasteiger partial charge in [0.1, 0.15) is 0 Å². The molecule has 4 rings (SSSR count). The van der Waals surface area contributed by atoms with E-state index in [9.17, 15) is 9.59 Å². The van der Waals surface area contributed by atoms with Crippen LogP contribution in [0, 0.1) is 0 Å². The molecule has 1 aromatic carbocycles. The minimum absolute atomic E-state index is 0.357. The summed E-state index contributed by atoms with van der Waals surface area (Å²) in [4.78, 5) is 29.8. The van der Waals surface area contributed by atoms with Crippen LogP contribution in [0.1, 0.15) is 25.3 Å². The van der Waals surface area contributed by atoms with Crippen LogP contribution < -0.4 is 16.3 Å². The highest BCUT2D eigenvalue weighted by molar-refractivity contribution is 6.30. The number of halogens is 1. The Hall–Kier alpha value is -2.87. The van der Waals surface area contributed by atoms with Crippen molar-refractivity contribution in [1.29, 1.82) is 0 Å². The van der Waals surface area contributed by atoms with Gasteiger partial charge in [-0.05, 0) is 24.1 Å². The molecule has 3 heterocycles. The first kappa shape index (κ1) is 18.5. The number of fused-ring (bicyclic) bond motifs is 3. The Morgan fingerprint density at radius 1 is 1.11 bits per heavy atom. The molecule has 0 fully saturated rings. The average Bonchev–Trinajstić information content (AvgIpc) is 3.09. The number of imidazole rings is 1. The quantitative estimate of drug-likeness (QED) is 0.672. The number of anilines is 1. The molecular formula is C19H21ClN6O2. The topological polar surface area (TPSA) is 77.4 Å². The van der Waals surface area contributed by atoms with Crippen molar-refractivity contribution in [3.8, 4) is 0 Å². The third-order valence-electron chi connectivity index (χ3n) is 5.01. The Morgan fingerprint density at radius 3 is 2.50 bits per heavy atom. The molecule has 8 nitrogen and oxygen atoms in total. The van der Waals surface area contributed by atoms with E-state index in [0.29, 0.717) is 35.2 Å². The number of nitrogens with zero attached hydrogens (tertiary/aromatic N) is 6. The van der Waals surface area contributed by atoms with Crippen LogP contribution in [0.15, 0.2) is 39.0 Å². The van der Waals surface area contributed by atoms with Gasteiger partial charge in [0.2, 0.25) is 5.95 Å². The molecule has 0 unspecified atom stereocenters. The van der Waals surface area contributed by atoms with E-state index in [0.717, 1.165) is 28.7 Å². The largest absolute Gasteiger partial charge is 0.332 e. The predicted molar refractivity (Wildman–Crippen MR) is 110 cm³/mol. The van der Waals surface area contributed by atoms with Crippen LogP contribution >= 0.6 is 11.6 Å². The number of hydrogen-bond acceptors (Lipinski definition) is 5. The fraction of sp³-hybridized carbons (Fsp3) is 0.368. The summed E-state index contributed by atoms with van der Waals surface area (Å²) in [6.45, 7) is 3.17. The molecular weight excluding hydrogens is 380 g/mol. The van der Waals surface area contributed by atoms with E-state index in [2.05, 4.69) is 11.9 Å². The van der Waals surface area contributed by atoms with Gasteiger partial charge >= 0.3 is 5.69 Å². The van der Waals surface area contributed by atoms with Crippen LogP contribution in [0.5, 0.6) is 0 Å². The Morgan fingerprint density at radius 2 is 1.82 bits per heavy atom. The number of aryl methyl sites for hydroxylation is 1. The van der Waals surface area contributed by atoms with Crippen molar-refractivity contribution < 1.29 is 0 Å². The van der Waals surface area contributed by atoms with Gasteiger partial charge < -0.3 is 0 Å². The molecule has 9 heteroatoms. The molecule has 2 aromatic heterocycles. The first-order chi connectivity index (χ1) is 13.4. The molecule has 0 N–H and O–H groups in total. The molecule has 0 atom stereocenters. The molecule has 146 valence electrons. The van der Waals surface area contributed by atoms with Crippen LogP contribution in [0.2, 0.25) is 5.02 Å². The van der Waals surface area contributed by atoms with Crippen molar-refractivity contribution in [2.75, 3.05) is 11.6 Å². The van der Waals surface area contributed by atoms with Gasteiger partial charge in [-0.25, -0.2) is 9.80 Å². The summed E-state index contributed by atoms with van der Waals surface area (Å²) < 4.78 is 4.37. The first-order valence-corrected chi connectivity index (χ1v) is 9.57. The highest BCUT2D eigenvalue weighted by atomic mass is 35.5. The summed E-state index contributed by atoms with van der Waals surface area (Å²) in [7, 11) is 3.11. The minimum atomic E-state index is -0.396. The third kappa shape index (κ3) is 2.84. The molecule has 0 radical (unpaired) electrons. The fourth-order valence-corrected chi connectivity index (χ4v) is 3.53. The zero-order chi connectivity index (χ0) is 20.0. The smallest absolute Gasteiger partial charge is 0.297 e. The van der Waals surface area contributed by atoms with Gasteiger partial charge in [-0.3, -0.25) is 18.5 Å². The molecule has 3 aromatic rings. The number of aromatic nitrogens is 4. The van der Waals surface area contributed by atoms with E-state index in [1.807, 2.05) is 33.8 Å². The lowest BCUT2D eigenvalue weighted by molar-refractivity contribution is 0.677. The molecule has 0 amide bonds. The number of hydrazone groups is 1. The van der Waals surface area contributed by atoms with Gasteiger partial charge in [0.15, 0.2) is 11.2 Å². The zero-order valence-electron chi connectivity index (χ0n) is 16.0. The second kappa shape index (κ2) is 6.94. The van der Waals surface area contributed by atoms with E-state index in [-0.39, 0.29) is 5.56 Å². The summed E-state index contributed by atoms with van der Waals surface area (Å²) in [5, 5.41) is 7.26. The van der Waals surface area contributed by atoms with Crippen molar-refractivity contribution in [1.82, 2.24) is 18.7 Å². The Bertz CT molecular complexity index is 1200. The van der Waals surface area contributed by atoms with Crippen molar-refractivity contribution in [3.63, 3.8) is 0 Å². The fourth-order valence-electron chi connectivity index (χ4n) is 3.40. The Kier molecular flexibility index (Phi) is 4.58. The summed E-state index contributed by atoms with van der Waals surface area (Å²) in [5.74, 6) is 0.583. The molecule has 28 heavy (non-hydrogen) atoms. The number of benzene rings is 1. The first-order valence-electron chi connectivity index (χ1n) is 9.19. The summed E-state index contributed by atoms with van der Waals surface area (Å²) in [6.07, 6.45) is 1.93. The lowest BCUT2D eigenvalue weighted by Gasteiger charge is -2.26. The standard InChI is InChI=1S/C19H21ClN6O2/c1-4-5-10-26-18-21-16-15(17(27)24(3)19(28)23(16)2)25(18)11-14(22-26)12-6-8-13(20)9-7-12/h6-9H,4-5,10-11H2,1-3H3. The van der Waals surface area contributed by atoms with Gasteiger partial charge in [-0.2, -0.15) is 10.1 Å². The predicted octanol–water partition coefficient (Wildman–Crippen LogP) is 2.11. The number of unbranched alkanes of at least 4 members (excludes halogenated alkanes) is 1. The van der Waals surface area contributed by atoms with Crippen molar-refractivity contribution in [3.05, 3.63) is 55.7 Å². The molecule has 0 saturated heterocycles. The van der Waals surface area contributed by atoms with Gasteiger partial charge in [0.25, 0.3) is 5.56 Å². The highest BCUT2D eigenvalue weighted by Crippen LogP contribution is 2.26. The SMILES string of the molecule is CCCCN1N=C(c2ccc(Cl)cc2)Cn2c1nc1c2c(=O)n(C)c(=O)n1C. The maximum absolute atomic E-state index is 12.9. The van der Waals surface area contributed by atoms with E-state index in [4.69, 9.17) is 16.7 Å². The summed E-state index contributed by atoms with van der Waals surface area (Å²) in [6, 6.07) is 7.47. The van der Waals surface area contributed by atoms with Crippen LogP contribution in [0.3, 0.4) is 0 Å². The van der Waals surface area contributed by atoms with Gasteiger partial charge in [-0.1, -0.05) is 37.1 Å². The Labute approximate surface area is 166 Å². The number of hydrogen-bond donors (Lipinski definition) is 0. The molecule has 0 saturated carbocycles. The van der Waals surface area contributed by atoms with Crippen molar-refractivity contribution in [2.45, 2.75) is 26.3 Å². The lowest BCUT2D eigenvalue weighted by Crippen LogP contribution is -2.38. The average molecular weight is 401 g/mol. The summed E-state index contributed by atoms with van der Waals surface area (Å²) in [5.41, 5.74) is 1.77. The van der Waals surface area contributed by atoms with Crippen molar-refractivity contribution in [2.24, 2.45) is 19.2 Å². The molecule has 1 aliphatic rings. The maximum Gasteiger partial charge on any atom is 0.332 e.